The van der Waals surface area contributed by atoms with Crippen LogP contribution in [0.1, 0.15) is 32.1 Å². The van der Waals surface area contributed by atoms with Crippen LogP contribution in [-0.4, -0.2) is 11.9 Å². The lowest BCUT2D eigenvalue weighted by Crippen LogP contribution is -2.42. The van der Waals surface area contributed by atoms with Crippen molar-refractivity contribution in [3.8, 4) is 0 Å². The van der Waals surface area contributed by atoms with Crippen molar-refractivity contribution in [1.29, 1.82) is 5.41 Å². The van der Waals surface area contributed by atoms with Crippen molar-refractivity contribution in [3.63, 3.8) is 0 Å². The highest BCUT2D eigenvalue weighted by Crippen LogP contribution is 2.25. The lowest BCUT2D eigenvalue weighted by molar-refractivity contribution is 0.340. The third-order valence-corrected chi connectivity index (χ3v) is 2.52. The van der Waals surface area contributed by atoms with Gasteiger partial charge in [-0.25, -0.2) is 0 Å². The molecule has 1 fully saturated rings. The van der Waals surface area contributed by atoms with E-state index in [-0.39, 0.29) is 11.9 Å². The maximum absolute atomic E-state index is 7.19. The van der Waals surface area contributed by atoms with Crippen molar-refractivity contribution in [2.24, 2.45) is 17.4 Å². The summed E-state index contributed by atoms with van der Waals surface area (Å²) in [6.45, 7) is 0. The summed E-state index contributed by atoms with van der Waals surface area (Å²) < 4.78 is 0. The largest absolute Gasteiger partial charge is 0.386 e. The summed E-state index contributed by atoms with van der Waals surface area (Å²) in [4.78, 5) is 0. The highest BCUT2D eigenvalue weighted by Gasteiger charge is 2.21. The van der Waals surface area contributed by atoms with E-state index in [2.05, 4.69) is 0 Å². The summed E-state index contributed by atoms with van der Waals surface area (Å²) >= 11 is 0. The summed E-state index contributed by atoms with van der Waals surface area (Å²) in [6, 6.07) is -0.185. The predicted molar refractivity (Wildman–Crippen MR) is 46.5 cm³/mol. The van der Waals surface area contributed by atoms with Gasteiger partial charge in [0.1, 0.15) is 5.84 Å². The molecule has 0 aromatic rings. The Bertz CT molecular complexity index is 138. The molecule has 0 aromatic heterocycles. The van der Waals surface area contributed by atoms with Crippen molar-refractivity contribution in [2.75, 3.05) is 0 Å². The Morgan fingerprint density at radius 2 is 1.82 bits per heavy atom. The molecule has 3 heteroatoms. The Balaban J connectivity index is 2.38. The predicted octanol–water partition coefficient (Wildman–Crippen LogP) is 0.830. The first-order valence-electron chi connectivity index (χ1n) is 4.31. The fraction of sp³-hybridized carbons (Fsp3) is 0.875. The van der Waals surface area contributed by atoms with E-state index in [9.17, 15) is 0 Å². The minimum Gasteiger partial charge on any atom is -0.386 e. The van der Waals surface area contributed by atoms with Gasteiger partial charge in [-0.3, -0.25) is 5.41 Å². The first kappa shape index (κ1) is 8.53. The summed E-state index contributed by atoms with van der Waals surface area (Å²) in [5, 5.41) is 7.19. The number of nitrogens with one attached hydrogen (secondary N) is 1. The molecule has 1 atom stereocenters. The van der Waals surface area contributed by atoms with Crippen LogP contribution in [0.4, 0.5) is 0 Å². The molecule has 1 aliphatic rings. The normalized spacial score (nSPS) is 23.0. The number of hydrogen-bond donors (Lipinski definition) is 3. The van der Waals surface area contributed by atoms with Gasteiger partial charge in [0.15, 0.2) is 0 Å². The van der Waals surface area contributed by atoms with Gasteiger partial charge in [0, 0.05) is 0 Å². The molecule has 0 aromatic carbocycles. The van der Waals surface area contributed by atoms with E-state index >= 15 is 0 Å². The number of hydrogen-bond acceptors (Lipinski definition) is 2. The standard InChI is InChI=1S/C8H17N3/c9-7(8(10)11)6-4-2-1-3-5-6/h6-7H,1-5,9H2,(H3,10,11). The molecule has 0 saturated heterocycles. The van der Waals surface area contributed by atoms with Crippen LogP contribution in [0.5, 0.6) is 0 Å². The van der Waals surface area contributed by atoms with Crippen LogP contribution in [0.3, 0.4) is 0 Å². The molecule has 1 unspecified atom stereocenters. The second-order valence-corrected chi connectivity index (χ2v) is 3.38. The molecule has 1 rings (SSSR count). The zero-order valence-electron chi connectivity index (χ0n) is 6.84. The third kappa shape index (κ3) is 2.19. The minimum atomic E-state index is -0.185. The van der Waals surface area contributed by atoms with Crippen LogP contribution in [0.2, 0.25) is 0 Å². The Kier molecular flexibility index (Phi) is 2.88. The maximum Gasteiger partial charge on any atom is 0.108 e. The van der Waals surface area contributed by atoms with Crippen molar-refractivity contribution in [1.82, 2.24) is 0 Å². The van der Waals surface area contributed by atoms with E-state index in [1.807, 2.05) is 0 Å². The van der Waals surface area contributed by atoms with Gasteiger partial charge in [0.05, 0.1) is 6.04 Å². The van der Waals surface area contributed by atoms with Gasteiger partial charge >= 0.3 is 0 Å². The van der Waals surface area contributed by atoms with Gasteiger partial charge < -0.3 is 11.5 Å². The Morgan fingerprint density at radius 1 is 1.27 bits per heavy atom. The van der Waals surface area contributed by atoms with Crippen molar-refractivity contribution in [2.45, 2.75) is 38.1 Å². The first-order chi connectivity index (χ1) is 5.22. The van der Waals surface area contributed by atoms with E-state index in [0.717, 1.165) is 12.8 Å². The molecule has 0 heterocycles. The summed E-state index contributed by atoms with van der Waals surface area (Å²) in [6.07, 6.45) is 6.14. The van der Waals surface area contributed by atoms with Gasteiger partial charge in [0.2, 0.25) is 0 Å². The average Bonchev–Trinajstić information content (AvgIpc) is 2.05. The molecule has 0 amide bonds. The molecule has 0 radical (unpaired) electrons. The van der Waals surface area contributed by atoms with Crippen LogP contribution >= 0.6 is 0 Å². The van der Waals surface area contributed by atoms with E-state index in [4.69, 9.17) is 16.9 Å². The maximum atomic E-state index is 7.19. The second-order valence-electron chi connectivity index (χ2n) is 3.38. The molecule has 5 N–H and O–H groups in total. The van der Waals surface area contributed by atoms with E-state index in [1.165, 1.54) is 19.3 Å². The summed E-state index contributed by atoms with van der Waals surface area (Å²) in [5.41, 5.74) is 11.1. The van der Waals surface area contributed by atoms with Crippen LogP contribution < -0.4 is 11.5 Å². The molecule has 1 aliphatic carbocycles. The number of rotatable bonds is 2. The Labute approximate surface area is 67.7 Å². The van der Waals surface area contributed by atoms with E-state index < -0.39 is 0 Å². The molecule has 0 bridgehead atoms. The van der Waals surface area contributed by atoms with Gasteiger partial charge in [-0.05, 0) is 18.8 Å². The Hall–Kier alpha value is -0.570. The molecule has 0 spiro atoms. The lowest BCUT2D eigenvalue weighted by Gasteiger charge is -2.26. The zero-order chi connectivity index (χ0) is 8.27. The molecule has 1 saturated carbocycles. The molecular weight excluding hydrogens is 138 g/mol. The van der Waals surface area contributed by atoms with Gasteiger partial charge in [-0.15, -0.1) is 0 Å². The van der Waals surface area contributed by atoms with Crippen LogP contribution in [0, 0.1) is 11.3 Å². The second kappa shape index (κ2) is 3.72. The highest BCUT2D eigenvalue weighted by molar-refractivity contribution is 5.82. The molecule has 0 aliphatic heterocycles. The SMILES string of the molecule is N=C(N)C(N)C1CCCCC1. The quantitative estimate of drug-likeness (QED) is 0.408. The van der Waals surface area contributed by atoms with Crippen molar-refractivity contribution in [3.05, 3.63) is 0 Å². The molecule has 11 heavy (non-hydrogen) atoms. The summed E-state index contributed by atoms with van der Waals surface area (Å²) in [7, 11) is 0. The monoisotopic (exact) mass is 155 g/mol. The number of amidine groups is 1. The van der Waals surface area contributed by atoms with Gasteiger partial charge in [-0.1, -0.05) is 19.3 Å². The molecule has 3 nitrogen and oxygen atoms in total. The van der Waals surface area contributed by atoms with Gasteiger partial charge in [0.25, 0.3) is 0 Å². The minimum absolute atomic E-state index is 0.150. The fourth-order valence-electron chi connectivity index (χ4n) is 1.75. The smallest absolute Gasteiger partial charge is 0.108 e. The van der Waals surface area contributed by atoms with Crippen LogP contribution in [0.25, 0.3) is 0 Å². The zero-order valence-corrected chi connectivity index (χ0v) is 6.84. The van der Waals surface area contributed by atoms with Gasteiger partial charge in [-0.2, -0.15) is 0 Å². The molecular formula is C8H17N3. The topological polar surface area (TPSA) is 75.9 Å². The fourth-order valence-corrected chi connectivity index (χ4v) is 1.75. The van der Waals surface area contributed by atoms with Crippen molar-refractivity contribution < 1.29 is 0 Å². The van der Waals surface area contributed by atoms with E-state index in [1.54, 1.807) is 0 Å². The molecule has 64 valence electrons. The summed E-state index contributed by atoms with van der Waals surface area (Å²) in [5.74, 6) is 0.623. The average molecular weight is 155 g/mol. The Morgan fingerprint density at radius 3 is 2.27 bits per heavy atom. The lowest BCUT2D eigenvalue weighted by atomic mass is 9.84. The number of nitrogens with two attached hydrogens (primary N) is 2. The third-order valence-electron chi connectivity index (χ3n) is 2.52. The van der Waals surface area contributed by atoms with Crippen LogP contribution in [-0.2, 0) is 0 Å². The first-order valence-corrected chi connectivity index (χ1v) is 4.31. The van der Waals surface area contributed by atoms with Crippen LogP contribution in [0.15, 0.2) is 0 Å². The van der Waals surface area contributed by atoms with Crippen molar-refractivity contribution >= 4 is 5.84 Å². The van der Waals surface area contributed by atoms with E-state index in [0.29, 0.717) is 5.92 Å². The highest BCUT2D eigenvalue weighted by atomic mass is 14.8.